The van der Waals surface area contributed by atoms with Crippen molar-refractivity contribution in [3.63, 3.8) is 0 Å². The Morgan fingerprint density at radius 2 is 1.62 bits per heavy atom. The number of methoxy groups -OCH3 is 1. The van der Waals surface area contributed by atoms with Crippen molar-refractivity contribution in [2.75, 3.05) is 38.2 Å². The van der Waals surface area contributed by atoms with Crippen molar-refractivity contribution >= 4 is 23.4 Å². The van der Waals surface area contributed by atoms with Crippen molar-refractivity contribution in [2.24, 2.45) is 0 Å². The number of para-hydroxylation sites is 1. The van der Waals surface area contributed by atoms with Crippen LogP contribution in [0.3, 0.4) is 0 Å². The van der Waals surface area contributed by atoms with Crippen LogP contribution in [0.25, 0.3) is 0 Å². The van der Waals surface area contributed by atoms with Gasteiger partial charge in [0.05, 0.1) is 23.3 Å². The summed E-state index contributed by atoms with van der Waals surface area (Å²) in [4.78, 5) is 43.5. The fourth-order valence-electron chi connectivity index (χ4n) is 4.66. The second-order valence-electron chi connectivity index (χ2n) is 8.19. The van der Waals surface area contributed by atoms with Crippen LogP contribution in [0, 0.1) is 0 Å². The van der Waals surface area contributed by atoms with Crippen LogP contribution in [0.15, 0.2) is 54.6 Å². The maximum absolute atomic E-state index is 12.8. The van der Waals surface area contributed by atoms with Gasteiger partial charge in [-0.15, -0.1) is 0 Å². The van der Waals surface area contributed by atoms with Crippen LogP contribution in [0.4, 0.5) is 5.69 Å². The average molecular weight is 436 g/mol. The van der Waals surface area contributed by atoms with Crippen molar-refractivity contribution in [3.8, 4) is 0 Å². The summed E-state index contributed by atoms with van der Waals surface area (Å²) in [6.45, 7) is 4.17. The van der Waals surface area contributed by atoms with Crippen LogP contribution in [-0.4, -0.2) is 73.0 Å². The first kappa shape index (κ1) is 22.2. The molecule has 0 unspecified atom stereocenters. The fourth-order valence-corrected chi connectivity index (χ4v) is 4.66. The lowest BCUT2D eigenvalue weighted by molar-refractivity contribution is -0.120. The van der Waals surface area contributed by atoms with Gasteiger partial charge in [0.15, 0.2) is 0 Å². The Labute approximate surface area is 188 Å². The number of rotatable bonds is 7. The molecular weight excluding hydrogens is 406 g/mol. The highest BCUT2D eigenvalue weighted by Crippen LogP contribution is 2.27. The minimum Gasteiger partial charge on any atom is -0.378 e. The molecular formula is C25H29N3O4. The SMILES string of the molecule is CCC(=O)N(c1ccccc1)[C@H]1CCN(CCN2C(=O)c3ccccc3C2=O)C[C@@H]1OC. The number of carbonyl (C=O) groups is 3. The monoisotopic (exact) mass is 435 g/mol. The third kappa shape index (κ3) is 4.18. The van der Waals surface area contributed by atoms with Gasteiger partial charge in [-0.25, -0.2) is 0 Å². The highest BCUT2D eigenvalue weighted by molar-refractivity contribution is 6.21. The Hall–Kier alpha value is -3.03. The Balaban J connectivity index is 1.42. The number of nitrogens with zero attached hydrogens (tertiary/aromatic N) is 3. The molecule has 4 rings (SSSR count). The summed E-state index contributed by atoms with van der Waals surface area (Å²) < 4.78 is 5.81. The van der Waals surface area contributed by atoms with Gasteiger partial charge in [0.2, 0.25) is 5.91 Å². The van der Waals surface area contributed by atoms with Crippen molar-refractivity contribution < 1.29 is 19.1 Å². The van der Waals surface area contributed by atoms with E-state index in [-0.39, 0.29) is 29.9 Å². The Morgan fingerprint density at radius 3 is 2.22 bits per heavy atom. The lowest BCUT2D eigenvalue weighted by atomic mass is 9.98. The van der Waals surface area contributed by atoms with Crippen LogP contribution < -0.4 is 4.90 Å². The van der Waals surface area contributed by atoms with Gasteiger partial charge < -0.3 is 9.64 Å². The van der Waals surface area contributed by atoms with Gasteiger partial charge in [-0.1, -0.05) is 37.3 Å². The van der Waals surface area contributed by atoms with Gasteiger partial charge >= 0.3 is 0 Å². The number of imide groups is 1. The first-order chi connectivity index (χ1) is 15.5. The summed E-state index contributed by atoms with van der Waals surface area (Å²) in [5.41, 5.74) is 1.83. The largest absolute Gasteiger partial charge is 0.378 e. The second kappa shape index (κ2) is 9.63. The predicted octanol–water partition coefficient (Wildman–Crippen LogP) is 2.82. The zero-order valence-corrected chi connectivity index (χ0v) is 18.6. The minimum absolute atomic E-state index is 0.0644. The van der Waals surface area contributed by atoms with Crippen molar-refractivity contribution in [2.45, 2.75) is 31.9 Å². The zero-order valence-electron chi connectivity index (χ0n) is 18.6. The number of benzene rings is 2. The molecule has 168 valence electrons. The predicted molar refractivity (Wildman–Crippen MR) is 122 cm³/mol. The standard InChI is InChI=1S/C25H29N3O4/c1-3-23(29)28(18-9-5-4-6-10-18)21-13-14-26(17-22(21)32-2)15-16-27-24(30)19-11-7-8-12-20(19)25(27)31/h4-12,21-22H,3,13-17H2,1-2H3/t21-,22-/m0/s1. The quantitative estimate of drug-likeness (QED) is 0.626. The highest BCUT2D eigenvalue weighted by Gasteiger charge is 2.38. The molecule has 1 saturated heterocycles. The van der Waals surface area contributed by atoms with Crippen LogP contribution in [0.2, 0.25) is 0 Å². The van der Waals surface area contributed by atoms with Crippen LogP contribution in [0.5, 0.6) is 0 Å². The third-order valence-corrected chi connectivity index (χ3v) is 6.37. The van der Waals surface area contributed by atoms with E-state index in [1.807, 2.05) is 42.2 Å². The first-order valence-corrected chi connectivity index (χ1v) is 11.1. The number of hydrogen-bond donors (Lipinski definition) is 0. The number of anilines is 1. The molecule has 2 aromatic rings. The van der Waals surface area contributed by atoms with Crippen LogP contribution in [0.1, 0.15) is 40.5 Å². The smallest absolute Gasteiger partial charge is 0.261 e. The number of carbonyl (C=O) groups excluding carboxylic acids is 3. The molecule has 3 amide bonds. The van der Waals surface area contributed by atoms with Gasteiger partial charge in [0.1, 0.15) is 0 Å². The van der Waals surface area contributed by atoms with E-state index in [0.29, 0.717) is 37.2 Å². The van der Waals surface area contributed by atoms with Gasteiger partial charge in [-0.05, 0) is 30.7 Å². The molecule has 2 atom stereocenters. The van der Waals surface area contributed by atoms with Gasteiger partial charge in [0.25, 0.3) is 11.8 Å². The van der Waals surface area contributed by atoms with E-state index >= 15 is 0 Å². The van der Waals surface area contributed by atoms with Crippen LogP contribution in [-0.2, 0) is 9.53 Å². The maximum atomic E-state index is 12.8. The molecule has 2 heterocycles. The Kier molecular flexibility index (Phi) is 6.67. The normalized spacial score (nSPS) is 21.0. The number of hydrogen-bond acceptors (Lipinski definition) is 5. The van der Waals surface area contributed by atoms with E-state index in [4.69, 9.17) is 4.74 Å². The zero-order chi connectivity index (χ0) is 22.7. The van der Waals surface area contributed by atoms with E-state index in [2.05, 4.69) is 4.90 Å². The molecule has 0 aliphatic carbocycles. The maximum Gasteiger partial charge on any atom is 0.261 e. The molecule has 7 nitrogen and oxygen atoms in total. The van der Waals surface area contributed by atoms with Crippen molar-refractivity contribution in [1.82, 2.24) is 9.80 Å². The minimum atomic E-state index is -0.229. The molecule has 2 aliphatic rings. The molecule has 1 fully saturated rings. The van der Waals surface area contributed by atoms with Crippen LogP contribution >= 0.6 is 0 Å². The summed E-state index contributed by atoms with van der Waals surface area (Å²) in [7, 11) is 1.67. The molecule has 2 aromatic carbocycles. The summed E-state index contributed by atoms with van der Waals surface area (Å²) in [5, 5.41) is 0. The Bertz CT molecular complexity index is 959. The molecule has 0 radical (unpaired) electrons. The number of fused-ring (bicyclic) bond motifs is 1. The van der Waals surface area contributed by atoms with Crippen molar-refractivity contribution in [1.29, 1.82) is 0 Å². The summed E-state index contributed by atoms with van der Waals surface area (Å²) >= 11 is 0. The number of ether oxygens (including phenoxy) is 1. The van der Waals surface area contributed by atoms with Gasteiger partial charge in [0, 0.05) is 45.4 Å². The molecule has 0 N–H and O–H groups in total. The molecule has 7 heteroatoms. The number of amides is 3. The van der Waals surface area contributed by atoms with E-state index in [9.17, 15) is 14.4 Å². The molecule has 0 aromatic heterocycles. The van der Waals surface area contributed by atoms with E-state index < -0.39 is 0 Å². The molecule has 32 heavy (non-hydrogen) atoms. The first-order valence-electron chi connectivity index (χ1n) is 11.1. The lowest BCUT2D eigenvalue weighted by Crippen LogP contribution is -2.57. The van der Waals surface area contributed by atoms with E-state index in [1.165, 1.54) is 4.90 Å². The fraction of sp³-hybridized carbons (Fsp3) is 0.400. The third-order valence-electron chi connectivity index (χ3n) is 6.37. The van der Waals surface area contributed by atoms with Gasteiger partial charge in [-0.3, -0.25) is 24.2 Å². The Morgan fingerprint density at radius 1 is 1.00 bits per heavy atom. The lowest BCUT2D eigenvalue weighted by Gasteiger charge is -2.43. The molecule has 0 saturated carbocycles. The van der Waals surface area contributed by atoms with Crippen molar-refractivity contribution in [3.05, 3.63) is 65.7 Å². The molecule has 0 bridgehead atoms. The number of piperidine rings is 1. The topological polar surface area (TPSA) is 70.2 Å². The highest BCUT2D eigenvalue weighted by atomic mass is 16.5. The van der Waals surface area contributed by atoms with Gasteiger partial charge in [-0.2, -0.15) is 0 Å². The van der Waals surface area contributed by atoms with E-state index in [0.717, 1.165) is 18.7 Å². The second-order valence-corrected chi connectivity index (χ2v) is 8.19. The number of likely N-dealkylation sites (tertiary alicyclic amines) is 1. The average Bonchev–Trinajstić information content (AvgIpc) is 3.08. The molecule has 0 spiro atoms. The summed E-state index contributed by atoms with van der Waals surface area (Å²) in [5.74, 6) is -0.386. The molecule has 2 aliphatic heterocycles. The van der Waals surface area contributed by atoms with E-state index in [1.54, 1.807) is 31.4 Å². The summed E-state index contributed by atoms with van der Waals surface area (Å²) in [6.07, 6.45) is 1.01. The summed E-state index contributed by atoms with van der Waals surface area (Å²) in [6, 6.07) is 16.6.